The van der Waals surface area contributed by atoms with Gasteiger partial charge in [-0.2, -0.15) is 0 Å². The van der Waals surface area contributed by atoms with Crippen molar-refractivity contribution in [1.82, 2.24) is 5.32 Å². The molecule has 0 unspecified atom stereocenters. The summed E-state index contributed by atoms with van der Waals surface area (Å²) in [5, 5.41) is 5.34. The lowest BCUT2D eigenvalue weighted by Crippen LogP contribution is -2.42. The van der Waals surface area contributed by atoms with Gasteiger partial charge in [0.15, 0.2) is 0 Å². The number of rotatable bonds is 5. The molecule has 0 spiro atoms. The van der Waals surface area contributed by atoms with Crippen LogP contribution in [0.5, 0.6) is 0 Å². The highest BCUT2D eigenvalue weighted by molar-refractivity contribution is 9.10. The molecule has 0 atom stereocenters. The molecule has 3 nitrogen and oxygen atoms in total. The molecule has 0 aliphatic carbocycles. The first-order valence-electron chi connectivity index (χ1n) is 4.66. The number of hydrogen-bond acceptors (Lipinski definition) is 3. The second kappa shape index (κ2) is 5.09. The third-order valence-electron chi connectivity index (χ3n) is 2.03. The monoisotopic (exact) mass is 290 g/mol. The topological polar surface area (TPSA) is 55.1 Å². The molecule has 1 aromatic heterocycles. The van der Waals surface area contributed by atoms with Gasteiger partial charge in [0.2, 0.25) is 5.91 Å². The van der Waals surface area contributed by atoms with Crippen LogP contribution >= 0.6 is 27.3 Å². The van der Waals surface area contributed by atoms with E-state index in [-0.39, 0.29) is 11.4 Å². The quantitative estimate of drug-likeness (QED) is 0.874. The van der Waals surface area contributed by atoms with E-state index in [1.807, 2.05) is 25.3 Å². The fourth-order valence-electron chi connectivity index (χ4n) is 1.27. The Bertz CT molecular complexity index is 349. The lowest BCUT2D eigenvalue weighted by atomic mass is 10.0. The van der Waals surface area contributed by atoms with E-state index in [1.54, 1.807) is 11.3 Å². The summed E-state index contributed by atoms with van der Waals surface area (Å²) in [4.78, 5) is 12.0. The van der Waals surface area contributed by atoms with E-state index in [0.29, 0.717) is 6.42 Å². The molecule has 0 fully saturated rings. The summed E-state index contributed by atoms with van der Waals surface area (Å²) in [7, 11) is 0. The summed E-state index contributed by atoms with van der Waals surface area (Å²) in [6.45, 7) is 4.69. The third-order valence-corrected chi connectivity index (χ3v) is 3.96. The van der Waals surface area contributed by atoms with Gasteiger partial charge in [-0.1, -0.05) is 0 Å². The Morgan fingerprint density at radius 2 is 2.33 bits per heavy atom. The summed E-state index contributed by atoms with van der Waals surface area (Å²) in [6.07, 6.45) is 0.343. The summed E-state index contributed by atoms with van der Waals surface area (Å²) in [5.74, 6) is -0.280. The number of nitrogens with two attached hydrogens (primary N) is 1. The maximum Gasteiger partial charge on any atom is 0.219 e. The molecule has 0 aliphatic rings. The maximum absolute atomic E-state index is 10.8. The van der Waals surface area contributed by atoms with Crippen molar-refractivity contribution in [3.63, 3.8) is 0 Å². The Morgan fingerprint density at radius 3 is 2.80 bits per heavy atom. The van der Waals surface area contributed by atoms with Gasteiger partial charge in [0.25, 0.3) is 0 Å². The Morgan fingerprint density at radius 1 is 1.67 bits per heavy atom. The minimum absolute atomic E-state index is 0.255. The van der Waals surface area contributed by atoms with Crippen molar-refractivity contribution in [2.45, 2.75) is 32.4 Å². The molecule has 0 aliphatic heterocycles. The average Bonchev–Trinajstić information content (AvgIpc) is 2.45. The van der Waals surface area contributed by atoms with Crippen LogP contribution in [0, 0.1) is 0 Å². The van der Waals surface area contributed by atoms with Gasteiger partial charge in [-0.15, -0.1) is 11.3 Å². The van der Waals surface area contributed by atoms with E-state index in [4.69, 9.17) is 5.73 Å². The van der Waals surface area contributed by atoms with Crippen molar-refractivity contribution >= 4 is 33.2 Å². The second-order valence-corrected chi connectivity index (χ2v) is 5.93. The molecule has 1 aromatic rings. The Labute approximate surface area is 102 Å². The van der Waals surface area contributed by atoms with E-state index in [2.05, 4.69) is 21.2 Å². The third kappa shape index (κ3) is 4.32. The smallest absolute Gasteiger partial charge is 0.219 e. The van der Waals surface area contributed by atoms with E-state index < -0.39 is 0 Å². The van der Waals surface area contributed by atoms with Crippen LogP contribution in [0.15, 0.2) is 15.9 Å². The molecule has 5 heteroatoms. The average molecular weight is 291 g/mol. The largest absolute Gasteiger partial charge is 0.370 e. The molecule has 0 saturated heterocycles. The SMILES string of the molecule is CC(C)(CC(N)=O)NCc1sccc1Br. The lowest BCUT2D eigenvalue weighted by molar-refractivity contribution is -0.119. The van der Waals surface area contributed by atoms with Crippen molar-refractivity contribution in [2.75, 3.05) is 0 Å². The van der Waals surface area contributed by atoms with Crippen LogP contribution in [0.1, 0.15) is 25.1 Å². The van der Waals surface area contributed by atoms with Gasteiger partial charge in [0.05, 0.1) is 0 Å². The molecule has 1 rings (SSSR count). The molecular weight excluding hydrogens is 276 g/mol. The Balaban J connectivity index is 2.49. The molecule has 0 bridgehead atoms. The van der Waals surface area contributed by atoms with Crippen molar-refractivity contribution in [1.29, 1.82) is 0 Å². The van der Waals surface area contributed by atoms with Gasteiger partial charge in [0, 0.05) is 27.9 Å². The predicted octanol–water partition coefficient (Wildman–Crippen LogP) is 2.25. The first-order chi connectivity index (χ1) is 6.91. The van der Waals surface area contributed by atoms with Crippen LogP contribution in [0.2, 0.25) is 0 Å². The zero-order chi connectivity index (χ0) is 11.5. The second-order valence-electron chi connectivity index (χ2n) is 4.07. The number of halogens is 1. The Kier molecular flexibility index (Phi) is 4.31. The minimum atomic E-state index is -0.280. The van der Waals surface area contributed by atoms with Gasteiger partial charge >= 0.3 is 0 Å². The fraction of sp³-hybridized carbons (Fsp3) is 0.500. The Hall–Kier alpha value is -0.390. The molecule has 15 heavy (non-hydrogen) atoms. The van der Waals surface area contributed by atoms with Crippen molar-refractivity contribution in [3.8, 4) is 0 Å². The first-order valence-corrected chi connectivity index (χ1v) is 6.33. The molecule has 0 saturated carbocycles. The summed E-state index contributed by atoms with van der Waals surface area (Å²) in [6, 6.07) is 2.02. The normalized spacial score (nSPS) is 11.7. The zero-order valence-electron chi connectivity index (χ0n) is 8.84. The van der Waals surface area contributed by atoms with Gasteiger partial charge < -0.3 is 11.1 Å². The van der Waals surface area contributed by atoms with E-state index >= 15 is 0 Å². The first kappa shape index (κ1) is 12.7. The lowest BCUT2D eigenvalue weighted by Gasteiger charge is -2.24. The standard InChI is InChI=1S/C10H15BrN2OS/c1-10(2,5-9(12)14)13-6-8-7(11)3-4-15-8/h3-4,13H,5-6H2,1-2H3,(H2,12,14). The summed E-state index contributed by atoms with van der Waals surface area (Å²) in [5.41, 5.74) is 4.92. The fourth-order valence-corrected chi connectivity index (χ4v) is 2.70. The molecule has 1 heterocycles. The highest BCUT2D eigenvalue weighted by atomic mass is 79.9. The number of nitrogens with one attached hydrogen (secondary N) is 1. The summed E-state index contributed by atoms with van der Waals surface area (Å²) >= 11 is 5.15. The van der Waals surface area contributed by atoms with Crippen molar-refractivity contribution in [2.24, 2.45) is 5.73 Å². The van der Waals surface area contributed by atoms with E-state index in [9.17, 15) is 4.79 Å². The number of thiophene rings is 1. The molecule has 84 valence electrons. The zero-order valence-corrected chi connectivity index (χ0v) is 11.2. The highest BCUT2D eigenvalue weighted by Crippen LogP contribution is 2.23. The molecule has 0 aromatic carbocycles. The van der Waals surface area contributed by atoms with E-state index in [0.717, 1.165) is 11.0 Å². The molecule has 1 amide bonds. The number of carbonyl (C=O) groups excluding carboxylic acids is 1. The van der Waals surface area contributed by atoms with Crippen LogP contribution in [0.3, 0.4) is 0 Å². The summed E-state index contributed by atoms with van der Waals surface area (Å²) < 4.78 is 1.11. The molecular formula is C10H15BrN2OS. The van der Waals surface area contributed by atoms with Gasteiger partial charge in [-0.25, -0.2) is 0 Å². The highest BCUT2D eigenvalue weighted by Gasteiger charge is 2.20. The maximum atomic E-state index is 10.8. The minimum Gasteiger partial charge on any atom is -0.370 e. The molecule has 0 radical (unpaired) electrons. The van der Waals surface area contributed by atoms with Crippen LogP contribution in [-0.2, 0) is 11.3 Å². The van der Waals surface area contributed by atoms with Gasteiger partial charge in [-0.05, 0) is 41.2 Å². The van der Waals surface area contributed by atoms with E-state index in [1.165, 1.54) is 4.88 Å². The number of amides is 1. The van der Waals surface area contributed by atoms with Crippen LogP contribution in [-0.4, -0.2) is 11.4 Å². The van der Waals surface area contributed by atoms with Crippen LogP contribution in [0.25, 0.3) is 0 Å². The van der Waals surface area contributed by atoms with Crippen LogP contribution < -0.4 is 11.1 Å². The number of primary amides is 1. The number of carbonyl (C=O) groups is 1. The van der Waals surface area contributed by atoms with Gasteiger partial charge in [-0.3, -0.25) is 4.79 Å². The number of hydrogen-bond donors (Lipinski definition) is 2. The van der Waals surface area contributed by atoms with Gasteiger partial charge in [0.1, 0.15) is 0 Å². The van der Waals surface area contributed by atoms with Crippen molar-refractivity contribution < 1.29 is 4.79 Å². The molecule has 3 N–H and O–H groups in total. The predicted molar refractivity (Wildman–Crippen MR) is 66.7 cm³/mol. The van der Waals surface area contributed by atoms with Crippen LogP contribution in [0.4, 0.5) is 0 Å². The van der Waals surface area contributed by atoms with Crippen molar-refractivity contribution in [3.05, 3.63) is 20.8 Å².